The first-order valence-electron chi connectivity index (χ1n) is 9.44. The van der Waals surface area contributed by atoms with E-state index in [1.165, 1.54) is 11.3 Å². The van der Waals surface area contributed by atoms with Gasteiger partial charge in [-0.3, -0.25) is 4.68 Å². The Hall–Kier alpha value is -1.65. The zero-order chi connectivity index (χ0) is 18.7. The molecule has 8 nitrogen and oxygen atoms in total. The number of fused-ring (bicyclic) bond motifs is 1. The molecule has 3 heterocycles. The van der Waals surface area contributed by atoms with Crippen LogP contribution in [0.4, 0.5) is 0 Å². The Morgan fingerprint density at radius 2 is 2.07 bits per heavy atom. The summed E-state index contributed by atoms with van der Waals surface area (Å²) >= 11 is 0. The van der Waals surface area contributed by atoms with E-state index in [0.29, 0.717) is 6.54 Å². The number of aliphatic imine (C=N–C) groups is 1. The molecular weight excluding hydrogens is 455 g/mol. The van der Waals surface area contributed by atoms with E-state index in [-0.39, 0.29) is 30.0 Å². The number of halogens is 1. The van der Waals surface area contributed by atoms with E-state index < -0.39 is 0 Å². The molecule has 0 amide bonds. The van der Waals surface area contributed by atoms with Crippen LogP contribution in [-0.4, -0.2) is 43.1 Å². The van der Waals surface area contributed by atoms with Gasteiger partial charge in [0.1, 0.15) is 12.4 Å². The molecule has 3 rings (SSSR count). The lowest BCUT2D eigenvalue weighted by atomic mass is 10.1. The minimum absolute atomic E-state index is 0. The van der Waals surface area contributed by atoms with Crippen LogP contribution in [0, 0.1) is 13.8 Å². The van der Waals surface area contributed by atoms with Crippen molar-refractivity contribution in [3.63, 3.8) is 0 Å². The molecule has 0 aromatic carbocycles. The molecule has 9 heteroatoms. The van der Waals surface area contributed by atoms with Crippen LogP contribution in [0.15, 0.2) is 4.99 Å². The molecule has 0 fully saturated rings. The summed E-state index contributed by atoms with van der Waals surface area (Å²) in [5.74, 6) is 2.85. The maximum absolute atomic E-state index is 4.72. The van der Waals surface area contributed by atoms with Gasteiger partial charge in [0.05, 0.1) is 5.69 Å². The average Bonchev–Trinajstić information content (AvgIpc) is 3.26. The van der Waals surface area contributed by atoms with Crippen molar-refractivity contribution in [2.45, 2.75) is 66.1 Å². The number of aryl methyl sites for hydroxylation is 3. The van der Waals surface area contributed by atoms with Crippen LogP contribution in [0.1, 0.15) is 48.9 Å². The molecule has 150 valence electrons. The molecule has 2 N–H and O–H groups in total. The number of hydrogen-bond acceptors (Lipinski definition) is 4. The monoisotopic (exact) mass is 486 g/mol. The number of nitrogens with one attached hydrogen (secondary N) is 2. The summed E-state index contributed by atoms with van der Waals surface area (Å²) in [7, 11) is 1.99. The van der Waals surface area contributed by atoms with E-state index in [2.05, 4.69) is 58.2 Å². The fourth-order valence-electron chi connectivity index (χ4n) is 3.50. The highest BCUT2D eigenvalue weighted by atomic mass is 127. The normalized spacial score (nSPS) is 14.6. The first-order chi connectivity index (χ1) is 12.5. The SMILES string of the molecule is CCNC(=NCc1nnc2n1CCC2)NC(C)Cc1c(C)nn(C)c1C.I. The number of nitrogens with zero attached hydrogens (tertiary/aromatic N) is 6. The van der Waals surface area contributed by atoms with Gasteiger partial charge in [0.2, 0.25) is 0 Å². The zero-order valence-corrected chi connectivity index (χ0v) is 19.2. The van der Waals surface area contributed by atoms with Crippen molar-refractivity contribution in [2.24, 2.45) is 12.0 Å². The minimum atomic E-state index is 0. The predicted molar refractivity (Wildman–Crippen MR) is 118 cm³/mol. The summed E-state index contributed by atoms with van der Waals surface area (Å²) in [5.41, 5.74) is 3.62. The second-order valence-corrected chi connectivity index (χ2v) is 7.01. The zero-order valence-electron chi connectivity index (χ0n) is 16.9. The second kappa shape index (κ2) is 9.52. The number of aromatic nitrogens is 5. The molecule has 0 radical (unpaired) electrons. The highest BCUT2D eigenvalue weighted by Crippen LogP contribution is 2.15. The third-order valence-corrected chi connectivity index (χ3v) is 4.96. The Labute approximate surface area is 178 Å². The lowest BCUT2D eigenvalue weighted by Crippen LogP contribution is -2.43. The third-order valence-electron chi connectivity index (χ3n) is 4.96. The Balaban J connectivity index is 0.00000261. The first kappa shape index (κ1) is 21.6. The van der Waals surface area contributed by atoms with Crippen LogP contribution in [0.2, 0.25) is 0 Å². The predicted octanol–water partition coefficient (Wildman–Crippen LogP) is 1.88. The van der Waals surface area contributed by atoms with Crippen molar-refractivity contribution in [1.29, 1.82) is 0 Å². The van der Waals surface area contributed by atoms with Gasteiger partial charge in [-0.05, 0) is 46.1 Å². The Bertz CT molecular complexity index is 792. The molecule has 0 spiro atoms. The van der Waals surface area contributed by atoms with Crippen molar-refractivity contribution in [3.05, 3.63) is 28.6 Å². The highest BCUT2D eigenvalue weighted by Gasteiger charge is 2.17. The maximum Gasteiger partial charge on any atom is 0.191 e. The topological polar surface area (TPSA) is 84.9 Å². The Kier molecular flexibility index (Phi) is 7.63. The van der Waals surface area contributed by atoms with Crippen LogP contribution in [0.5, 0.6) is 0 Å². The smallest absolute Gasteiger partial charge is 0.191 e. The summed E-state index contributed by atoms with van der Waals surface area (Å²) in [4.78, 5) is 4.72. The van der Waals surface area contributed by atoms with Crippen LogP contribution < -0.4 is 10.6 Å². The van der Waals surface area contributed by atoms with E-state index in [9.17, 15) is 0 Å². The average molecular weight is 486 g/mol. The lowest BCUT2D eigenvalue weighted by molar-refractivity contribution is 0.631. The van der Waals surface area contributed by atoms with E-state index >= 15 is 0 Å². The fraction of sp³-hybridized carbons (Fsp3) is 0.667. The van der Waals surface area contributed by atoms with Crippen molar-refractivity contribution in [3.8, 4) is 0 Å². The molecule has 2 aromatic rings. The molecule has 0 bridgehead atoms. The van der Waals surface area contributed by atoms with Crippen LogP contribution in [0.25, 0.3) is 0 Å². The number of hydrogen-bond donors (Lipinski definition) is 2. The molecule has 27 heavy (non-hydrogen) atoms. The maximum atomic E-state index is 4.72. The molecule has 2 aromatic heterocycles. The van der Waals surface area contributed by atoms with Gasteiger partial charge < -0.3 is 15.2 Å². The van der Waals surface area contributed by atoms with E-state index in [0.717, 1.165) is 55.7 Å². The molecule has 1 aliphatic rings. The van der Waals surface area contributed by atoms with Gasteiger partial charge in [0, 0.05) is 38.3 Å². The first-order valence-corrected chi connectivity index (χ1v) is 9.44. The molecular formula is C18H31IN8. The molecule has 1 aliphatic heterocycles. The van der Waals surface area contributed by atoms with Crippen LogP contribution >= 0.6 is 24.0 Å². The fourth-order valence-corrected chi connectivity index (χ4v) is 3.50. The van der Waals surface area contributed by atoms with E-state index in [1.54, 1.807) is 0 Å². The molecule has 1 unspecified atom stereocenters. The highest BCUT2D eigenvalue weighted by molar-refractivity contribution is 14.0. The van der Waals surface area contributed by atoms with Crippen LogP contribution in [-0.2, 0) is 33.0 Å². The molecule has 1 atom stereocenters. The van der Waals surface area contributed by atoms with Gasteiger partial charge in [0.15, 0.2) is 11.8 Å². The van der Waals surface area contributed by atoms with Gasteiger partial charge in [-0.25, -0.2) is 4.99 Å². The summed E-state index contributed by atoms with van der Waals surface area (Å²) in [5, 5.41) is 19.9. The second-order valence-electron chi connectivity index (χ2n) is 7.01. The standard InChI is InChI=1S/C18H30N8.HI/c1-6-19-18(20-11-17-23-22-16-8-7-9-26(16)17)21-12(2)10-15-13(3)24-25(5)14(15)4;/h12H,6-11H2,1-5H3,(H2,19,20,21);1H. The Morgan fingerprint density at radius 3 is 2.74 bits per heavy atom. The summed E-state index contributed by atoms with van der Waals surface area (Å²) in [6, 6.07) is 0.249. The van der Waals surface area contributed by atoms with Gasteiger partial charge in [0.25, 0.3) is 0 Å². The summed E-state index contributed by atoms with van der Waals surface area (Å²) in [6.07, 6.45) is 3.09. The summed E-state index contributed by atoms with van der Waals surface area (Å²) in [6.45, 7) is 10.8. The molecule has 0 aliphatic carbocycles. The van der Waals surface area contributed by atoms with Crippen LogP contribution in [0.3, 0.4) is 0 Å². The van der Waals surface area contributed by atoms with Gasteiger partial charge in [-0.15, -0.1) is 34.2 Å². The van der Waals surface area contributed by atoms with E-state index in [4.69, 9.17) is 4.99 Å². The quantitative estimate of drug-likeness (QED) is 0.370. The number of rotatable bonds is 6. The van der Waals surface area contributed by atoms with Crippen molar-refractivity contribution in [1.82, 2.24) is 35.2 Å². The Morgan fingerprint density at radius 1 is 1.30 bits per heavy atom. The summed E-state index contributed by atoms with van der Waals surface area (Å²) < 4.78 is 4.14. The van der Waals surface area contributed by atoms with Gasteiger partial charge >= 0.3 is 0 Å². The number of guanidine groups is 1. The third kappa shape index (κ3) is 4.99. The largest absolute Gasteiger partial charge is 0.357 e. The van der Waals surface area contributed by atoms with Crippen molar-refractivity contribution in [2.75, 3.05) is 6.54 Å². The van der Waals surface area contributed by atoms with E-state index in [1.807, 2.05) is 11.7 Å². The lowest BCUT2D eigenvalue weighted by Gasteiger charge is -2.18. The minimum Gasteiger partial charge on any atom is -0.357 e. The van der Waals surface area contributed by atoms with Gasteiger partial charge in [-0.2, -0.15) is 5.10 Å². The van der Waals surface area contributed by atoms with Gasteiger partial charge in [-0.1, -0.05) is 0 Å². The van der Waals surface area contributed by atoms with Crippen molar-refractivity contribution < 1.29 is 0 Å². The molecule has 0 saturated carbocycles. The van der Waals surface area contributed by atoms with Crippen molar-refractivity contribution >= 4 is 29.9 Å². The molecule has 0 saturated heterocycles.